The summed E-state index contributed by atoms with van der Waals surface area (Å²) in [6.07, 6.45) is 0.622. The molecule has 1 atom stereocenters. The summed E-state index contributed by atoms with van der Waals surface area (Å²) in [5.41, 5.74) is 0.609. The quantitative estimate of drug-likeness (QED) is 0.833. The number of hydrogen-bond acceptors (Lipinski definition) is 2. The molecule has 1 heterocycles. The summed E-state index contributed by atoms with van der Waals surface area (Å²) in [6, 6.07) is 4.03. The molecule has 0 bridgehead atoms. The molecule has 0 unspecified atom stereocenters. The van der Waals surface area contributed by atoms with E-state index >= 15 is 0 Å². The van der Waals surface area contributed by atoms with Crippen LogP contribution in [-0.4, -0.2) is 48.3 Å². The van der Waals surface area contributed by atoms with E-state index in [1.165, 1.54) is 18.2 Å². The van der Waals surface area contributed by atoms with E-state index in [-0.39, 0.29) is 29.2 Å². The Labute approximate surface area is 134 Å². The minimum Gasteiger partial charge on any atom is -0.345 e. The van der Waals surface area contributed by atoms with Gasteiger partial charge in [0.15, 0.2) is 0 Å². The average molecular weight is 327 g/mol. The molecule has 4 nitrogen and oxygen atoms in total. The maximum Gasteiger partial charge on any atom is 0.226 e. The Bertz CT molecular complexity index is 579. The fourth-order valence-electron chi connectivity index (χ4n) is 2.73. The van der Waals surface area contributed by atoms with Gasteiger partial charge in [-0.15, -0.1) is 0 Å². The van der Waals surface area contributed by atoms with Crippen LogP contribution in [0.1, 0.15) is 18.9 Å². The fourth-order valence-corrected chi connectivity index (χ4v) is 2.97. The van der Waals surface area contributed by atoms with E-state index in [1.807, 2.05) is 6.92 Å². The highest BCUT2D eigenvalue weighted by Gasteiger charge is 2.29. The van der Waals surface area contributed by atoms with Crippen LogP contribution >= 0.6 is 11.6 Å². The van der Waals surface area contributed by atoms with Crippen LogP contribution in [0.4, 0.5) is 4.39 Å². The van der Waals surface area contributed by atoms with Crippen molar-refractivity contribution < 1.29 is 14.0 Å². The predicted octanol–water partition coefficient (Wildman–Crippen LogP) is 2.35. The van der Waals surface area contributed by atoms with Crippen LogP contribution in [-0.2, 0) is 16.0 Å². The molecule has 2 rings (SSSR count). The first kappa shape index (κ1) is 16.7. The van der Waals surface area contributed by atoms with Crippen LogP contribution in [0.5, 0.6) is 0 Å². The maximum absolute atomic E-state index is 13.0. The molecular weight excluding hydrogens is 307 g/mol. The van der Waals surface area contributed by atoms with Gasteiger partial charge in [0.25, 0.3) is 0 Å². The third-order valence-corrected chi connectivity index (χ3v) is 4.34. The highest BCUT2D eigenvalue weighted by molar-refractivity contribution is 6.31. The van der Waals surface area contributed by atoms with E-state index in [0.29, 0.717) is 31.6 Å². The van der Waals surface area contributed by atoms with Crippen molar-refractivity contribution in [3.8, 4) is 0 Å². The topological polar surface area (TPSA) is 40.6 Å². The van der Waals surface area contributed by atoms with Crippen molar-refractivity contribution in [2.24, 2.45) is 5.92 Å². The van der Waals surface area contributed by atoms with Crippen molar-refractivity contribution in [1.82, 2.24) is 9.80 Å². The molecule has 0 spiro atoms. The summed E-state index contributed by atoms with van der Waals surface area (Å²) in [7, 11) is 1.72. The minimum atomic E-state index is -0.418. The molecule has 1 aromatic carbocycles. The molecule has 0 aromatic heterocycles. The van der Waals surface area contributed by atoms with E-state index in [2.05, 4.69) is 0 Å². The zero-order valence-electron chi connectivity index (χ0n) is 12.8. The lowest BCUT2D eigenvalue weighted by Gasteiger charge is -2.21. The molecule has 0 radical (unpaired) electrons. The number of carbonyl (C=O) groups excluding carboxylic acids is 2. The molecule has 1 aromatic rings. The van der Waals surface area contributed by atoms with Gasteiger partial charge in [0.1, 0.15) is 5.82 Å². The number of carbonyl (C=O) groups is 2. The van der Waals surface area contributed by atoms with Crippen LogP contribution in [0, 0.1) is 11.7 Å². The maximum atomic E-state index is 13.0. The lowest BCUT2D eigenvalue weighted by molar-refractivity contribution is -0.130. The highest BCUT2D eigenvalue weighted by atomic mass is 35.5. The van der Waals surface area contributed by atoms with E-state index in [4.69, 9.17) is 11.6 Å². The van der Waals surface area contributed by atoms with E-state index in [1.54, 1.807) is 16.8 Å². The zero-order valence-corrected chi connectivity index (χ0v) is 13.6. The standard InChI is InChI=1S/C16H20ClFN2O2/c1-3-20-10-11(6-16(20)22)9-19(2)15(21)7-12-4-5-13(18)8-14(12)17/h4-5,8,11H,3,6-7,9-10H2,1-2H3/t11-/m0/s1. The monoisotopic (exact) mass is 326 g/mol. The van der Waals surface area contributed by atoms with Crippen molar-refractivity contribution in [1.29, 1.82) is 0 Å². The third kappa shape index (κ3) is 3.97. The Morgan fingerprint density at radius 2 is 2.23 bits per heavy atom. The first-order valence-corrected chi connectivity index (χ1v) is 7.74. The normalized spacial score (nSPS) is 17.9. The van der Waals surface area contributed by atoms with Gasteiger partial charge in [-0.05, 0) is 24.6 Å². The fraction of sp³-hybridized carbons (Fsp3) is 0.500. The molecule has 0 N–H and O–H groups in total. The van der Waals surface area contributed by atoms with Crippen LogP contribution in [0.25, 0.3) is 0 Å². The number of likely N-dealkylation sites (tertiary alicyclic amines) is 1. The molecule has 1 aliphatic heterocycles. The lowest BCUT2D eigenvalue weighted by Crippen LogP contribution is -2.34. The van der Waals surface area contributed by atoms with Crippen LogP contribution in [0.15, 0.2) is 18.2 Å². The molecule has 0 saturated carbocycles. The Morgan fingerprint density at radius 1 is 1.50 bits per heavy atom. The molecule has 120 valence electrons. The molecule has 2 amide bonds. The second kappa shape index (κ2) is 7.09. The molecule has 0 aliphatic carbocycles. The SMILES string of the molecule is CCN1C[C@H](CN(C)C(=O)Cc2ccc(F)cc2Cl)CC1=O. The summed E-state index contributed by atoms with van der Waals surface area (Å²) in [6.45, 7) is 3.90. The second-order valence-electron chi connectivity index (χ2n) is 5.69. The first-order chi connectivity index (χ1) is 10.4. The average Bonchev–Trinajstić information content (AvgIpc) is 2.81. The number of benzene rings is 1. The van der Waals surface area contributed by atoms with Gasteiger partial charge in [-0.1, -0.05) is 17.7 Å². The number of halogens is 2. The third-order valence-electron chi connectivity index (χ3n) is 3.99. The molecule has 22 heavy (non-hydrogen) atoms. The zero-order chi connectivity index (χ0) is 16.3. The Kier molecular flexibility index (Phi) is 5.40. The molecule has 1 fully saturated rings. The van der Waals surface area contributed by atoms with Gasteiger partial charge in [0.05, 0.1) is 6.42 Å². The Balaban J connectivity index is 1.91. The minimum absolute atomic E-state index is 0.0871. The van der Waals surface area contributed by atoms with Crippen molar-refractivity contribution >= 4 is 23.4 Å². The molecular formula is C16H20ClFN2O2. The number of hydrogen-bond donors (Lipinski definition) is 0. The van der Waals surface area contributed by atoms with Crippen molar-refractivity contribution in [3.05, 3.63) is 34.6 Å². The Morgan fingerprint density at radius 3 is 2.82 bits per heavy atom. The van der Waals surface area contributed by atoms with Gasteiger partial charge >= 0.3 is 0 Å². The summed E-state index contributed by atoms with van der Waals surface area (Å²) in [5, 5.41) is 0.259. The summed E-state index contributed by atoms with van der Waals surface area (Å²) < 4.78 is 13.0. The summed E-state index contributed by atoms with van der Waals surface area (Å²) in [4.78, 5) is 27.4. The van der Waals surface area contributed by atoms with Gasteiger partial charge in [-0.3, -0.25) is 9.59 Å². The molecule has 1 saturated heterocycles. The van der Waals surface area contributed by atoms with Crippen molar-refractivity contribution in [3.63, 3.8) is 0 Å². The molecule has 1 aliphatic rings. The van der Waals surface area contributed by atoms with Crippen LogP contribution < -0.4 is 0 Å². The van der Waals surface area contributed by atoms with E-state index < -0.39 is 5.82 Å². The van der Waals surface area contributed by atoms with Gasteiger partial charge in [-0.25, -0.2) is 4.39 Å². The van der Waals surface area contributed by atoms with Crippen molar-refractivity contribution in [2.75, 3.05) is 26.7 Å². The first-order valence-electron chi connectivity index (χ1n) is 7.36. The summed E-state index contributed by atoms with van der Waals surface area (Å²) in [5.74, 6) is -0.186. The summed E-state index contributed by atoms with van der Waals surface area (Å²) >= 11 is 5.94. The number of nitrogens with zero attached hydrogens (tertiary/aromatic N) is 2. The van der Waals surface area contributed by atoms with Gasteiger partial charge in [0.2, 0.25) is 11.8 Å². The van der Waals surface area contributed by atoms with E-state index in [0.717, 1.165) is 0 Å². The number of likely N-dealkylation sites (N-methyl/N-ethyl adjacent to an activating group) is 1. The number of amides is 2. The second-order valence-corrected chi connectivity index (χ2v) is 6.10. The smallest absolute Gasteiger partial charge is 0.226 e. The lowest BCUT2D eigenvalue weighted by atomic mass is 10.1. The van der Waals surface area contributed by atoms with Crippen LogP contribution in [0.3, 0.4) is 0 Å². The van der Waals surface area contributed by atoms with Crippen LogP contribution in [0.2, 0.25) is 5.02 Å². The van der Waals surface area contributed by atoms with Crippen molar-refractivity contribution in [2.45, 2.75) is 19.8 Å². The highest BCUT2D eigenvalue weighted by Crippen LogP contribution is 2.20. The van der Waals surface area contributed by atoms with Gasteiger partial charge in [0, 0.05) is 44.0 Å². The molecule has 6 heteroatoms. The predicted molar refractivity (Wildman–Crippen MR) is 83.1 cm³/mol. The van der Waals surface area contributed by atoms with Gasteiger partial charge in [-0.2, -0.15) is 0 Å². The largest absolute Gasteiger partial charge is 0.345 e. The van der Waals surface area contributed by atoms with Gasteiger partial charge < -0.3 is 9.80 Å². The Hall–Kier alpha value is -1.62. The van der Waals surface area contributed by atoms with E-state index in [9.17, 15) is 14.0 Å². The number of rotatable bonds is 5.